The molecule has 54 valence electrons. The van der Waals surface area contributed by atoms with Crippen molar-refractivity contribution in [3.05, 3.63) is 0 Å². The molecule has 1 heterocycles. The molecule has 0 aromatic heterocycles. The van der Waals surface area contributed by atoms with Gasteiger partial charge in [-0.3, -0.25) is 0 Å². The predicted octanol–water partition coefficient (Wildman–Crippen LogP) is 2.93. The van der Waals surface area contributed by atoms with Gasteiger partial charge in [0.25, 0.3) is 0 Å². The number of hydrogen-bond acceptors (Lipinski definition) is 1. The van der Waals surface area contributed by atoms with Crippen LogP contribution in [0.5, 0.6) is 0 Å². The minimum atomic E-state index is 0.889. The van der Waals surface area contributed by atoms with E-state index in [0.717, 1.165) is 16.4 Å². The SMILES string of the molecule is CC1CCC(C(C)C)S1. The molecule has 0 amide bonds. The molecule has 0 nitrogen and oxygen atoms in total. The van der Waals surface area contributed by atoms with Gasteiger partial charge in [0.1, 0.15) is 0 Å². The number of rotatable bonds is 1. The average Bonchev–Trinajstić information content (AvgIpc) is 2.14. The van der Waals surface area contributed by atoms with Gasteiger partial charge in [0.05, 0.1) is 0 Å². The van der Waals surface area contributed by atoms with Crippen molar-refractivity contribution in [3.8, 4) is 0 Å². The Morgan fingerprint density at radius 3 is 2.22 bits per heavy atom. The van der Waals surface area contributed by atoms with Crippen LogP contribution in [-0.4, -0.2) is 10.5 Å². The fraction of sp³-hybridized carbons (Fsp3) is 1.00. The molecule has 1 aliphatic rings. The van der Waals surface area contributed by atoms with Crippen LogP contribution in [-0.2, 0) is 0 Å². The van der Waals surface area contributed by atoms with Gasteiger partial charge in [-0.25, -0.2) is 0 Å². The van der Waals surface area contributed by atoms with Crippen LogP contribution >= 0.6 is 11.8 Å². The van der Waals surface area contributed by atoms with Crippen molar-refractivity contribution >= 4 is 11.8 Å². The van der Waals surface area contributed by atoms with Gasteiger partial charge in [-0.1, -0.05) is 20.8 Å². The maximum absolute atomic E-state index is 2.34. The van der Waals surface area contributed by atoms with E-state index in [1.807, 2.05) is 0 Å². The highest BCUT2D eigenvalue weighted by Crippen LogP contribution is 2.37. The summed E-state index contributed by atoms with van der Waals surface area (Å²) in [6.07, 6.45) is 2.89. The Balaban J connectivity index is 2.30. The van der Waals surface area contributed by atoms with Crippen LogP contribution in [0.1, 0.15) is 33.6 Å². The fourth-order valence-corrected chi connectivity index (χ4v) is 2.78. The normalized spacial score (nSPS) is 36.0. The summed E-state index contributed by atoms with van der Waals surface area (Å²) in [5.74, 6) is 0.889. The van der Waals surface area contributed by atoms with E-state index in [1.165, 1.54) is 12.8 Å². The molecule has 0 aliphatic carbocycles. The van der Waals surface area contributed by atoms with Gasteiger partial charge < -0.3 is 0 Å². The van der Waals surface area contributed by atoms with Crippen LogP contribution in [0.4, 0.5) is 0 Å². The van der Waals surface area contributed by atoms with Crippen LogP contribution in [0, 0.1) is 5.92 Å². The molecule has 0 radical (unpaired) electrons. The minimum absolute atomic E-state index is 0.889. The second-order valence-electron chi connectivity index (χ2n) is 3.31. The lowest BCUT2D eigenvalue weighted by molar-refractivity contribution is 0.581. The van der Waals surface area contributed by atoms with E-state index >= 15 is 0 Å². The Bertz CT molecular complexity index is 88.6. The maximum Gasteiger partial charge on any atom is 0.00731 e. The Morgan fingerprint density at radius 1 is 1.33 bits per heavy atom. The smallest absolute Gasteiger partial charge is 0.00731 e. The average molecular weight is 144 g/mol. The largest absolute Gasteiger partial charge is 0.155 e. The monoisotopic (exact) mass is 144 g/mol. The van der Waals surface area contributed by atoms with Crippen molar-refractivity contribution in [2.75, 3.05) is 0 Å². The molecule has 1 saturated heterocycles. The van der Waals surface area contributed by atoms with E-state index in [9.17, 15) is 0 Å². The highest BCUT2D eigenvalue weighted by atomic mass is 32.2. The van der Waals surface area contributed by atoms with E-state index in [4.69, 9.17) is 0 Å². The molecule has 0 N–H and O–H groups in total. The summed E-state index contributed by atoms with van der Waals surface area (Å²) in [5, 5.41) is 1.89. The molecule has 1 rings (SSSR count). The zero-order valence-electron chi connectivity index (χ0n) is 6.55. The second-order valence-corrected chi connectivity index (χ2v) is 4.99. The van der Waals surface area contributed by atoms with Crippen molar-refractivity contribution in [2.24, 2.45) is 5.92 Å². The molecule has 9 heavy (non-hydrogen) atoms. The van der Waals surface area contributed by atoms with Crippen molar-refractivity contribution in [2.45, 2.75) is 44.1 Å². The van der Waals surface area contributed by atoms with Crippen LogP contribution in [0.2, 0.25) is 0 Å². The van der Waals surface area contributed by atoms with Crippen LogP contribution in [0.25, 0.3) is 0 Å². The Morgan fingerprint density at radius 2 is 2.00 bits per heavy atom. The van der Waals surface area contributed by atoms with Crippen molar-refractivity contribution < 1.29 is 0 Å². The summed E-state index contributed by atoms with van der Waals surface area (Å²) in [5.41, 5.74) is 0. The third kappa shape index (κ3) is 1.89. The summed E-state index contributed by atoms with van der Waals surface area (Å²) < 4.78 is 0. The van der Waals surface area contributed by atoms with Gasteiger partial charge in [-0.05, 0) is 18.8 Å². The van der Waals surface area contributed by atoms with Crippen molar-refractivity contribution in [3.63, 3.8) is 0 Å². The molecular weight excluding hydrogens is 128 g/mol. The molecule has 0 aromatic rings. The highest BCUT2D eigenvalue weighted by molar-refractivity contribution is 8.00. The molecule has 1 fully saturated rings. The predicted molar refractivity (Wildman–Crippen MR) is 44.9 cm³/mol. The molecule has 2 atom stereocenters. The molecule has 1 aliphatic heterocycles. The number of thioether (sulfide) groups is 1. The van der Waals surface area contributed by atoms with Crippen molar-refractivity contribution in [1.29, 1.82) is 0 Å². The van der Waals surface area contributed by atoms with Gasteiger partial charge in [-0.15, -0.1) is 0 Å². The lowest BCUT2D eigenvalue weighted by Crippen LogP contribution is -2.05. The summed E-state index contributed by atoms with van der Waals surface area (Å²) in [7, 11) is 0. The minimum Gasteiger partial charge on any atom is -0.155 e. The van der Waals surface area contributed by atoms with Crippen LogP contribution in [0.3, 0.4) is 0 Å². The molecule has 2 unspecified atom stereocenters. The summed E-state index contributed by atoms with van der Waals surface area (Å²) >= 11 is 2.17. The van der Waals surface area contributed by atoms with Crippen LogP contribution < -0.4 is 0 Å². The standard InChI is InChI=1S/C8H16S/c1-6(2)8-5-4-7(3)9-8/h6-8H,4-5H2,1-3H3. The first-order chi connectivity index (χ1) is 4.20. The molecule has 0 saturated carbocycles. The molecule has 0 aromatic carbocycles. The topological polar surface area (TPSA) is 0 Å². The zero-order chi connectivity index (χ0) is 6.85. The summed E-state index contributed by atoms with van der Waals surface area (Å²) in [6, 6.07) is 0. The van der Waals surface area contributed by atoms with E-state index in [0.29, 0.717) is 0 Å². The van der Waals surface area contributed by atoms with E-state index in [2.05, 4.69) is 32.5 Å². The summed E-state index contributed by atoms with van der Waals surface area (Å²) in [4.78, 5) is 0. The van der Waals surface area contributed by atoms with E-state index in [1.54, 1.807) is 0 Å². The quantitative estimate of drug-likeness (QED) is 0.545. The first kappa shape index (κ1) is 7.46. The Labute approximate surface area is 62.4 Å². The van der Waals surface area contributed by atoms with E-state index in [-0.39, 0.29) is 0 Å². The first-order valence-electron chi connectivity index (χ1n) is 3.85. The number of hydrogen-bond donors (Lipinski definition) is 0. The van der Waals surface area contributed by atoms with Gasteiger partial charge in [0.2, 0.25) is 0 Å². The third-order valence-corrected chi connectivity index (χ3v) is 3.84. The van der Waals surface area contributed by atoms with Crippen molar-refractivity contribution in [1.82, 2.24) is 0 Å². The Kier molecular flexibility index (Phi) is 2.45. The molecule has 0 spiro atoms. The lowest BCUT2D eigenvalue weighted by atomic mass is 10.1. The maximum atomic E-state index is 2.34. The van der Waals surface area contributed by atoms with E-state index < -0.39 is 0 Å². The Hall–Kier alpha value is 0.350. The zero-order valence-corrected chi connectivity index (χ0v) is 7.37. The highest BCUT2D eigenvalue weighted by Gasteiger charge is 2.23. The fourth-order valence-electron chi connectivity index (χ4n) is 1.32. The van der Waals surface area contributed by atoms with Gasteiger partial charge >= 0.3 is 0 Å². The van der Waals surface area contributed by atoms with Gasteiger partial charge in [-0.2, -0.15) is 11.8 Å². The van der Waals surface area contributed by atoms with Gasteiger partial charge in [0, 0.05) is 10.5 Å². The molecular formula is C8H16S. The second kappa shape index (κ2) is 2.96. The first-order valence-corrected chi connectivity index (χ1v) is 4.80. The van der Waals surface area contributed by atoms with Crippen LogP contribution in [0.15, 0.2) is 0 Å². The molecule has 1 heteroatoms. The van der Waals surface area contributed by atoms with Gasteiger partial charge in [0.15, 0.2) is 0 Å². The third-order valence-electron chi connectivity index (χ3n) is 2.01. The summed E-state index contributed by atoms with van der Waals surface area (Å²) in [6.45, 7) is 7.00. The molecule has 0 bridgehead atoms. The lowest BCUT2D eigenvalue weighted by Gasteiger charge is -2.12.